The summed E-state index contributed by atoms with van der Waals surface area (Å²) in [6, 6.07) is 11.8. The van der Waals surface area contributed by atoms with Gasteiger partial charge in [0.25, 0.3) is 5.91 Å². The standard InChI is InChI=1S/C30H41N3O5S/c1-4-28-26-15-12-23(16-24(26)18-33(28)17-21-8-6-20(3)7-9-21)29(34)32-27(19-38-30(31)35)22-10-13-25(14-11-22)39(36,37)5-2/h10-16,20-21,27-28H,4-9,17-19H2,1-3H3,(H2,31,35)(H,32,34)/t20?,21?,27-,28+/m0/s1. The third-order valence-electron chi connectivity index (χ3n) is 8.31. The van der Waals surface area contributed by atoms with E-state index in [-0.39, 0.29) is 23.2 Å². The maximum Gasteiger partial charge on any atom is 0.404 e. The highest BCUT2D eigenvalue weighted by Gasteiger charge is 2.32. The number of ether oxygens (including phenoxy) is 1. The van der Waals surface area contributed by atoms with Gasteiger partial charge in [0.05, 0.1) is 16.7 Å². The molecular formula is C30H41N3O5S. The normalized spacial score (nSPS) is 22.2. The first-order valence-electron chi connectivity index (χ1n) is 14.0. The van der Waals surface area contributed by atoms with Gasteiger partial charge in [-0.15, -0.1) is 0 Å². The van der Waals surface area contributed by atoms with Gasteiger partial charge in [0.15, 0.2) is 9.84 Å². The van der Waals surface area contributed by atoms with Gasteiger partial charge in [0.2, 0.25) is 0 Å². The zero-order valence-electron chi connectivity index (χ0n) is 23.2. The molecule has 2 aliphatic rings. The second-order valence-corrected chi connectivity index (χ2v) is 13.3. The van der Waals surface area contributed by atoms with E-state index in [1.165, 1.54) is 48.9 Å². The smallest absolute Gasteiger partial charge is 0.404 e. The molecule has 4 rings (SSSR count). The van der Waals surface area contributed by atoms with Crippen molar-refractivity contribution in [3.8, 4) is 0 Å². The van der Waals surface area contributed by atoms with Gasteiger partial charge >= 0.3 is 6.09 Å². The first kappa shape index (κ1) is 29.1. The van der Waals surface area contributed by atoms with Crippen LogP contribution < -0.4 is 11.1 Å². The van der Waals surface area contributed by atoms with E-state index in [4.69, 9.17) is 10.5 Å². The Labute approximate surface area is 232 Å². The number of benzene rings is 2. The molecule has 0 aromatic heterocycles. The summed E-state index contributed by atoms with van der Waals surface area (Å²) in [4.78, 5) is 27.4. The number of hydrogen-bond donors (Lipinski definition) is 2. The SMILES string of the molecule is CC[C@@H]1c2ccc(C(=O)N[C@@H](COC(N)=O)c3ccc(S(=O)(=O)CC)cc3)cc2CN1CC1CCC(C)CC1. The number of hydrogen-bond acceptors (Lipinski definition) is 6. The predicted molar refractivity (Wildman–Crippen MR) is 151 cm³/mol. The molecule has 8 nitrogen and oxygen atoms in total. The molecule has 212 valence electrons. The highest BCUT2D eigenvalue weighted by molar-refractivity contribution is 7.91. The number of fused-ring (bicyclic) bond motifs is 1. The molecular weight excluding hydrogens is 514 g/mol. The molecule has 2 amide bonds. The van der Waals surface area contributed by atoms with E-state index >= 15 is 0 Å². The van der Waals surface area contributed by atoms with Crippen LogP contribution in [0.1, 0.15) is 92.0 Å². The van der Waals surface area contributed by atoms with E-state index in [9.17, 15) is 18.0 Å². The van der Waals surface area contributed by atoms with Crippen LogP contribution in [0.5, 0.6) is 0 Å². The molecule has 9 heteroatoms. The van der Waals surface area contributed by atoms with Crippen LogP contribution in [-0.2, 0) is 21.1 Å². The van der Waals surface area contributed by atoms with Crippen LogP contribution in [0.15, 0.2) is 47.4 Å². The summed E-state index contributed by atoms with van der Waals surface area (Å²) in [6.07, 6.45) is 5.28. The molecule has 1 aliphatic heterocycles. The molecule has 1 heterocycles. The van der Waals surface area contributed by atoms with E-state index in [1.807, 2.05) is 12.1 Å². The molecule has 2 atom stereocenters. The Kier molecular flexibility index (Phi) is 9.33. The minimum atomic E-state index is -3.36. The number of amides is 2. The summed E-state index contributed by atoms with van der Waals surface area (Å²) >= 11 is 0. The van der Waals surface area contributed by atoms with E-state index in [1.54, 1.807) is 19.1 Å². The lowest BCUT2D eigenvalue weighted by atomic mass is 9.82. The van der Waals surface area contributed by atoms with Gasteiger partial charge in [-0.05, 0) is 72.1 Å². The minimum absolute atomic E-state index is 0.00813. The Hall–Kier alpha value is -2.91. The predicted octanol–water partition coefficient (Wildman–Crippen LogP) is 5.14. The zero-order valence-corrected chi connectivity index (χ0v) is 24.0. The van der Waals surface area contributed by atoms with Crippen molar-refractivity contribution in [1.82, 2.24) is 10.2 Å². The number of carbonyl (C=O) groups excluding carboxylic acids is 2. The topological polar surface area (TPSA) is 119 Å². The second-order valence-electron chi connectivity index (χ2n) is 11.0. The Morgan fingerprint density at radius 1 is 1.08 bits per heavy atom. The molecule has 1 aliphatic carbocycles. The molecule has 39 heavy (non-hydrogen) atoms. The van der Waals surface area contributed by atoms with Crippen molar-refractivity contribution in [3.63, 3.8) is 0 Å². The third kappa shape index (κ3) is 7.00. The molecule has 2 aromatic rings. The Morgan fingerprint density at radius 3 is 2.38 bits per heavy atom. The molecule has 1 saturated carbocycles. The van der Waals surface area contributed by atoms with Crippen molar-refractivity contribution >= 4 is 21.8 Å². The Balaban J connectivity index is 1.49. The van der Waals surface area contributed by atoms with Crippen LogP contribution in [0.3, 0.4) is 0 Å². The summed E-state index contributed by atoms with van der Waals surface area (Å²) in [5.74, 6) is 1.26. The van der Waals surface area contributed by atoms with Crippen LogP contribution >= 0.6 is 0 Å². The van der Waals surface area contributed by atoms with Crippen molar-refractivity contribution in [3.05, 3.63) is 64.7 Å². The fourth-order valence-corrected chi connectivity index (χ4v) is 6.83. The highest BCUT2D eigenvalue weighted by atomic mass is 32.2. The zero-order chi connectivity index (χ0) is 28.2. The van der Waals surface area contributed by atoms with Gasteiger partial charge < -0.3 is 15.8 Å². The fourth-order valence-electron chi connectivity index (χ4n) is 5.95. The van der Waals surface area contributed by atoms with E-state index in [2.05, 4.69) is 30.1 Å². The monoisotopic (exact) mass is 555 g/mol. The number of rotatable bonds is 10. The molecule has 0 radical (unpaired) electrons. The maximum absolute atomic E-state index is 13.3. The lowest BCUT2D eigenvalue weighted by Crippen LogP contribution is -2.33. The molecule has 0 bridgehead atoms. The van der Waals surface area contributed by atoms with Gasteiger partial charge in [0.1, 0.15) is 6.61 Å². The van der Waals surface area contributed by atoms with E-state index < -0.39 is 22.0 Å². The summed E-state index contributed by atoms with van der Waals surface area (Å²) < 4.78 is 29.4. The molecule has 3 N–H and O–H groups in total. The first-order valence-corrected chi connectivity index (χ1v) is 15.7. The Bertz CT molecular complexity index is 1270. The summed E-state index contributed by atoms with van der Waals surface area (Å²) in [7, 11) is -3.36. The van der Waals surface area contributed by atoms with Crippen molar-refractivity contribution in [2.75, 3.05) is 18.9 Å². The van der Waals surface area contributed by atoms with Crippen molar-refractivity contribution in [1.29, 1.82) is 0 Å². The van der Waals surface area contributed by atoms with Crippen molar-refractivity contribution < 1.29 is 22.7 Å². The van der Waals surface area contributed by atoms with Crippen molar-refractivity contribution in [2.24, 2.45) is 17.6 Å². The molecule has 1 fully saturated rings. The summed E-state index contributed by atoms with van der Waals surface area (Å²) in [5.41, 5.74) is 8.79. The first-order chi connectivity index (χ1) is 18.6. The Morgan fingerprint density at radius 2 is 1.77 bits per heavy atom. The maximum atomic E-state index is 13.3. The number of nitrogens with zero attached hydrogens (tertiary/aromatic N) is 1. The van der Waals surface area contributed by atoms with Gasteiger partial charge in [-0.1, -0.05) is 51.8 Å². The van der Waals surface area contributed by atoms with Crippen LogP contribution in [0.2, 0.25) is 0 Å². The van der Waals surface area contributed by atoms with Gasteiger partial charge in [-0.2, -0.15) is 0 Å². The lowest BCUT2D eigenvalue weighted by Gasteiger charge is -2.32. The van der Waals surface area contributed by atoms with Crippen LogP contribution in [-0.4, -0.2) is 44.2 Å². The largest absolute Gasteiger partial charge is 0.447 e. The van der Waals surface area contributed by atoms with E-state index in [0.29, 0.717) is 17.2 Å². The third-order valence-corrected chi connectivity index (χ3v) is 10.1. The van der Waals surface area contributed by atoms with Crippen molar-refractivity contribution in [2.45, 2.75) is 76.4 Å². The number of primary amides is 1. The summed E-state index contributed by atoms with van der Waals surface area (Å²) in [5, 5.41) is 2.94. The molecule has 0 spiro atoms. The second kappa shape index (κ2) is 12.5. The molecule has 0 unspecified atom stereocenters. The van der Waals surface area contributed by atoms with Crippen LogP contribution in [0, 0.1) is 11.8 Å². The van der Waals surface area contributed by atoms with Crippen LogP contribution in [0.4, 0.5) is 4.79 Å². The average molecular weight is 556 g/mol. The van der Waals surface area contributed by atoms with Gasteiger partial charge in [-0.25, -0.2) is 13.2 Å². The van der Waals surface area contributed by atoms with Gasteiger partial charge in [0, 0.05) is 24.7 Å². The number of nitrogens with two attached hydrogens (primary N) is 1. The lowest BCUT2D eigenvalue weighted by molar-refractivity contribution is 0.0898. The fraction of sp³-hybridized carbons (Fsp3) is 0.533. The number of sulfone groups is 1. The van der Waals surface area contributed by atoms with Gasteiger partial charge in [-0.3, -0.25) is 9.69 Å². The highest BCUT2D eigenvalue weighted by Crippen LogP contribution is 2.39. The van der Waals surface area contributed by atoms with Crippen LogP contribution in [0.25, 0.3) is 0 Å². The number of carbonyl (C=O) groups is 2. The quantitative estimate of drug-likeness (QED) is 0.419. The minimum Gasteiger partial charge on any atom is -0.447 e. The van der Waals surface area contributed by atoms with E-state index in [0.717, 1.165) is 31.3 Å². The summed E-state index contributed by atoms with van der Waals surface area (Å²) in [6.45, 7) is 7.91. The molecule has 2 aromatic carbocycles. The number of nitrogens with one attached hydrogen (secondary N) is 1. The molecule has 0 saturated heterocycles. The average Bonchev–Trinajstić information content (AvgIpc) is 3.28.